The third-order valence-corrected chi connectivity index (χ3v) is 4.47. The van der Waals surface area contributed by atoms with E-state index < -0.39 is 12.0 Å². The van der Waals surface area contributed by atoms with Gasteiger partial charge in [0.25, 0.3) is 5.91 Å². The Bertz CT molecular complexity index is 629. The van der Waals surface area contributed by atoms with Crippen molar-refractivity contribution in [3.8, 4) is 0 Å². The van der Waals surface area contributed by atoms with Gasteiger partial charge in [-0.1, -0.05) is 23.4 Å². The molecule has 1 heterocycles. The first-order chi connectivity index (χ1) is 11.1. The van der Waals surface area contributed by atoms with Gasteiger partial charge in [-0.05, 0) is 32.4 Å². The minimum Gasteiger partial charge on any atom is -0.466 e. The summed E-state index contributed by atoms with van der Waals surface area (Å²) in [6, 6.07) is 8.48. The third-order valence-electron chi connectivity index (χ3n) is 4.47. The zero-order valence-corrected chi connectivity index (χ0v) is 13.2. The Morgan fingerprint density at radius 3 is 2.78 bits per heavy atom. The molecule has 0 radical (unpaired) electrons. The summed E-state index contributed by atoms with van der Waals surface area (Å²) in [5.41, 5.74) is 1.41. The van der Waals surface area contributed by atoms with Crippen LogP contribution in [0.4, 0.5) is 0 Å². The Morgan fingerprint density at radius 2 is 2.09 bits per heavy atom. The van der Waals surface area contributed by atoms with E-state index >= 15 is 0 Å². The first-order valence-corrected chi connectivity index (χ1v) is 7.84. The van der Waals surface area contributed by atoms with Crippen molar-refractivity contribution in [2.45, 2.75) is 32.4 Å². The molecule has 122 valence electrons. The minimum atomic E-state index is -0.437. The van der Waals surface area contributed by atoms with Crippen LogP contribution in [-0.2, 0) is 14.4 Å². The highest BCUT2D eigenvalue weighted by molar-refractivity contribution is 5.95. The maximum atomic E-state index is 12.4. The van der Waals surface area contributed by atoms with Crippen LogP contribution in [0.3, 0.4) is 0 Å². The average Bonchev–Trinajstić information content (AvgIpc) is 3.09. The van der Waals surface area contributed by atoms with Gasteiger partial charge in [-0.15, -0.1) is 0 Å². The lowest BCUT2D eigenvalue weighted by molar-refractivity contribution is -0.149. The van der Waals surface area contributed by atoms with Crippen molar-refractivity contribution in [3.63, 3.8) is 0 Å². The predicted octanol–water partition coefficient (Wildman–Crippen LogP) is 1.76. The van der Waals surface area contributed by atoms with Crippen LogP contribution in [0.25, 0.3) is 0 Å². The maximum absolute atomic E-state index is 12.4. The number of carbonyl (C=O) groups excluding carboxylic acids is 2. The summed E-state index contributed by atoms with van der Waals surface area (Å²) >= 11 is 0. The molecule has 4 atom stereocenters. The van der Waals surface area contributed by atoms with Crippen molar-refractivity contribution in [2.75, 3.05) is 6.61 Å². The number of ether oxygens (including phenoxy) is 1. The van der Waals surface area contributed by atoms with Crippen molar-refractivity contribution >= 4 is 17.6 Å². The van der Waals surface area contributed by atoms with Crippen molar-refractivity contribution in [1.82, 2.24) is 5.32 Å². The van der Waals surface area contributed by atoms with Crippen LogP contribution in [0, 0.1) is 11.8 Å². The van der Waals surface area contributed by atoms with Gasteiger partial charge in [0.1, 0.15) is 0 Å². The summed E-state index contributed by atoms with van der Waals surface area (Å²) < 4.78 is 5.16. The largest absolute Gasteiger partial charge is 0.466 e. The van der Waals surface area contributed by atoms with Gasteiger partial charge in [-0.2, -0.15) is 0 Å². The fourth-order valence-corrected chi connectivity index (χ4v) is 3.29. The maximum Gasteiger partial charge on any atom is 0.311 e. The van der Waals surface area contributed by atoms with Gasteiger partial charge in [-0.25, -0.2) is 0 Å². The van der Waals surface area contributed by atoms with E-state index in [1.807, 2.05) is 13.0 Å². The molecule has 1 aliphatic carbocycles. The quantitative estimate of drug-likeness (QED) is 0.859. The van der Waals surface area contributed by atoms with Gasteiger partial charge in [0, 0.05) is 11.5 Å². The van der Waals surface area contributed by atoms with Gasteiger partial charge in [-0.3, -0.25) is 9.59 Å². The average molecular weight is 316 g/mol. The monoisotopic (exact) mass is 316 g/mol. The molecule has 1 fully saturated rings. The zero-order chi connectivity index (χ0) is 16.4. The number of nitrogens with one attached hydrogen (secondary N) is 1. The molecule has 3 rings (SSSR count). The van der Waals surface area contributed by atoms with Crippen LogP contribution in [0.2, 0.25) is 0 Å². The number of benzene rings is 1. The van der Waals surface area contributed by atoms with Crippen LogP contribution in [-0.4, -0.2) is 36.3 Å². The molecule has 1 aromatic rings. The Labute approximate surface area is 134 Å². The van der Waals surface area contributed by atoms with Crippen molar-refractivity contribution in [2.24, 2.45) is 17.0 Å². The molecule has 0 bridgehead atoms. The first kappa shape index (κ1) is 15.5. The summed E-state index contributed by atoms with van der Waals surface area (Å²) in [5.74, 6) is -0.885. The normalized spacial score (nSPS) is 28.5. The van der Waals surface area contributed by atoms with E-state index in [9.17, 15) is 9.59 Å². The molecular formula is C17H20N2O4. The SMILES string of the molecule is CCOC(=O)[C@@H]1C[C@@H]2C(C)=NO[C@@H]2[C@@H]1NC(=O)c1ccccc1. The number of esters is 1. The number of fused-ring (bicyclic) bond motifs is 1. The van der Waals surface area contributed by atoms with E-state index in [1.165, 1.54) is 0 Å². The summed E-state index contributed by atoms with van der Waals surface area (Å²) in [4.78, 5) is 30.1. The number of hydrogen-bond acceptors (Lipinski definition) is 5. The van der Waals surface area contributed by atoms with Crippen molar-refractivity contribution in [3.05, 3.63) is 35.9 Å². The Morgan fingerprint density at radius 1 is 1.35 bits per heavy atom. The molecule has 6 heteroatoms. The first-order valence-electron chi connectivity index (χ1n) is 7.84. The van der Waals surface area contributed by atoms with Gasteiger partial charge in [0.05, 0.1) is 24.3 Å². The van der Waals surface area contributed by atoms with Crippen molar-refractivity contribution < 1.29 is 19.2 Å². The number of carbonyl (C=O) groups is 2. The fraction of sp³-hybridized carbons (Fsp3) is 0.471. The lowest BCUT2D eigenvalue weighted by atomic mass is 10.0. The van der Waals surface area contributed by atoms with Gasteiger partial charge >= 0.3 is 5.97 Å². The smallest absolute Gasteiger partial charge is 0.311 e. The van der Waals surface area contributed by atoms with E-state index in [1.54, 1.807) is 31.2 Å². The molecule has 1 aromatic carbocycles. The lowest BCUT2D eigenvalue weighted by Crippen LogP contribution is -2.47. The molecule has 1 amide bonds. The molecule has 1 aliphatic heterocycles. The second-order valence-corrected chi connectivity index (χ2v) is 5.87. The number of amides is 1. The molecule has 0 spiro atoms. The summed E-state index contributed by atoms with van der Waals surface area (Å²) in [6.07, 6.45) is 0.274. The molecule has 0 unspecified atom stereocenters. The summed E-state index contributed by atoms with van der Waals surface area (Å²) in [7, 11) is 0. The summed E-state index contributed by atoms with van der Waals surface area (Å²) in [5, 5.41) is 6.94. The molecule has 6 nitrogen and oxygen atoms in total. The summed E-state index contributed by atoms with van der Waals surface area (Å²) in [6.45, 7) is 3.97. The van der Waals surface area contributed by atoms with E-state index in [0.717, 1.165) is 5.71 Å². The van der Waals surface area contributed by atoms with Gasteiger partial charge in [0.15, 0.2) is 6.10 Å². The molecule has 1 N–H and O–H groups in total. The molecular weight excluding hydrogens is 296 g/mol. The zero-order valence-electron chi connectivity index (χ0n) is 13.2. The molecule has 2 aliphatic rings. The lowest BCUT2D eigenvalue weighted by Gasteiger charge is -2.23. The van der Waals surface area contributed by atoms with E-state index in [4.69, 9.17) is 9.57 Å². The van der Waals surface area contributed by atoms with Crippen LogP contribution in [0.15, 0.2) is 35.5 Å². The number of oxime groups is 1. The van der Waals surface area contributed by atoms with Crippen LogP contribution >= 0.6 is 0 Å². The Kier molecular flexibility index (Phi) is 4.32. The molecule has 23 heavy (non-hydrogen) atoms. The predicted molar refractivity (Wildman–Crippen MR) is 83.9 cm³/mol. The molecule has 1 saturated carbocycles. The number of hydrogen-bond donors (Lipinski definition) is 1. The standard InChI is InChI=1S/C17H20N2O4/c1-3-22-17(21)13-9-12-10(2)19-23-15(12)14(13)18-16(20)11-7-5-4-6-8-11/h4-8,12-15H,3,9H2,1-2H3,(H,18,20)/t12-,13-,14-,15+/m1/s1. The van der Waals surface area contributed by atoms with Crippen LogP contribution in [0.1, 0.15) is 30.6 Å². The molecule has 0 aromatic heterocycles. The highest BCUT2D eigenvalue weighted by Gasteiger charge is 2.53. The topological polar surface area (TPSA) is 77.0 Å². The highest BCUT2D eigenvalue weighted by atomic mass is 16.6. The second kappa shape index (κ2) is 6.40. The Hall–Kier alpha value is -2.37. The van der Waals surface area contributed by atoms with Gasteiger partial charge in [0.2, 0.25) is 0 Å². The van der Waals surface area contributed by atoms with E-state index in [0.29, 0.717) is 18.6 Å². The van der Waals surface area contributed by atoms with E-state index in [-0.39, 0.29) is 23.9 Å². The third kappa shape index (κ3) is 2.93. The number of nitrogens with zero attached hydrogens (tertiary/aromatic N) is 1. The number of rotatable bonds is 4. The Balaban J connectivity index is 1.79. The minimum absolute atomic E-state index is 0.0467. The fourth-order valence-electron chi connectivity index (χ4n) is 3.29. The van der Waals surface area contributed by atoms with Crippen LogP contribution < -0.4 is 5.32 Å². The van der Waals surface area contributed by atoms with Crippen LogP contribution in [0.5, 0.6) is 0 Å². The van der Waals surface area contributed by atoms with E-state index in [2.05, 4.69) is 10.5 Å². The van der Waals surface area contributed by atoms with Gasteiger partial charge < -0.3 is 14.9 Å². The highest BCUT2D eigenvalue weighted by Crippen LogP contribution is 2.39. The van der Waals surface area contributed by atoms with Crippen molar-refractivity contribution in [1.29, 1.82) is 0 Å². The second-order valence-electron chi connectivity index (χ2n) is 5.87. The molecule has 0 saturated heterocycles.